The highest BCUT2D eigenvalue weighted by molar-refractivity contribution is 5.78. The maximum atomic E-state index is 12.2. The molecule has 0 unspecified atom stereocenters. The van der Waals surface area contributed by atoms with E-state index in [4.69, 9.17) is 0 Å². The summed E-state index contributed by atoms with van der Waals surface area (Å²) in [5, 5.41) is 3.21. The quantitative estimate of drug-likeness (QED) is 0.864. The van der Waals surface area contributed by atoms with Crippen LogP contribution in [0.4, 0.5) is 0 Å². The number of likely N-dealkylation sites (tertiary alicyclic amines) is 1. The average molecular weight is 274 g/mol. The van der Waals surface area contributed by atoms with Crippen LogP contribution < -0.4 is 5.32 Å². The van der Waals surface area contributed by atoms with E-state index >= 15 is 0 Å². The fraction of sp³-hybridized carbons (Fsp3) is 0.588. The van der Waals surface area contributed by atoms with Gasteiger partial charge in [-0.05, 0) is 37.4 Å². The fourth-order valence-electron chi connectivity index (χ4n) is 2.71. The lowest BCUT2D eigenvalue weighted by molar-refractivity contribution is -0.121. The molecule has 0 bridgehead atoms. The molecule has 20 heavy (non-hydrogen) atoms. The highest BCUT2D eigenvalue weighted by Gasteiger charge is 2.21. The molecule has 1 saturated heterocycles. The van der Waals surface area contributed by atoms with Crippen LogP contribution in [0.1, 0.15) is 32.3 Å². The van der Waals surface area contributed by atoms with Crippen LogP contribution in [0.5, 0.6) is 0 Å². The number of nitrogens with one attached hydrogen (secondary N) is 1. The highest BCUT2D eigenvalue weighted by atomic mass is 16.1. The predicted molar refractivity (Wildman–Crippen MR) is 82.6 cm³/mol. The first-order chi connectivity index (χ1) is 9.65. The molecule has 0 radical (unpaired) electrons. The maximum absolute atomic E-state index is 12.2. The summed E-state index contributed by atoms with van der Waals surface area (Å²) in [6.07, 6.45) is 3.07. The van der Waals surface area contributed by atoms with Crippen molar-refractivity contribution in [3.63, 3.8) is 0 Å². The number of benzene rings is 1. The Morgan fingerprint density at radius 3 is 2.45 bits per heavy atom. The second-order valence-corrected chi connectivity index (χ2v) is 6.09. The summed E-state index contributed by atoms with van der Waals surface area (Å²) < 4.78 is 0. The zero-order valence-electron chi connectivity index (χ0n) is 12.6. The molecule has 1 amide bonds. The standard InChI is InChI=1S/C17H26N2O/c1-14(2)16(13-19-10-6-7-11-19)18-17(20)12-15-8-4-3-5-9-15/h3-5,8-9,14,16H,6-7,10-13H2,1-2H3,(H,18,20)/t16-/m1/s1. The summed E-state index contributed by atoms with van der Waals surface area (Å²) in [7, 11) is 0. The van der Waals surface area contributed by atoms with Gasteiger partial charge in [-0.25, -0.2) is 0 Å². The van der Waals surface area contributed by atoms with E-state index in [1.165, 1.54) is 25.9 Å². The van der Waals surface area contributed by atoms with Crippen molar-refractivity contribution in [3.8, 4) is 0 Å². The minimum atomic E-state index is 0.133. The van der Waals surface area contributed by atoms with Crippen molar-refractivity contribution in [1.82, 2.24) is 10.2 Å². The summed E-state index contributed by atoms with van der Waals surface area (Å²) in [5.41, 5.74) is 1.08. The Labute approximate surface area is 122 Å². The van der Waals surface area contributed by atoms with Gasteiger partial charge in [-0.15, -0.1) is 0 Å². The number of hydrogen-bond donors (Lipinski definition) is 1. The Hall–Kier alpha value is -1.35. The van der Waals surface area contributed by atoms with Crippen LogP contribution >= 0.6 is 0 Å². The molecule has 1 heterocycles. The molecule has 1 aromatic rings. The molecule has 3 nitrogen and oxygen atoms in total. The smallest absolute Gasteiger partial charge is 0.224 e. The molecule has 1 atom stereocenters. The van der Waals surface area contributed by atoms with Gasteiger partial charge in [0.15, 0.2) is 0 Å². The van der Waals surface area contributed by atoms with Gasteiger partial charge < -0.3 is 10.2 Å². The molecular formula is C17H26N2O. The molecule has 0 aromatic heterocycles. The van der Waals surface area contributed by atoms with E-state index in [-0.39, 0.29) is 11.9 Å². The molecule has 1 N–H and O–H groups in total. The van der Waals surface area contributed by atoms with E-state index in [9.17, 15) is 4.79 Å². The van der Waals surface area contributed by atoms with Gasteiger partial charge >= 0.3 is 0 Å². The summed E-state index contributed by atoms with van der Waals surface area (Å²) in [5.74, 6) is 0.601. The van der Waals surface area contributed by atoms with Gasteiger partial charge in [0.05, 0.1) is 6.42 Å². The number of carbonyl (C=O) groups is 1. The summed E-state index contributed by atoms with van der Waals surface area (Å²) in [6, 6.07) is 10.2. The third-order valence-electron chi connectivity index (χ3n) is 4.01. The summed E-state index contributed by atoms with van der Waals surface area (Å²) in [6.45, 7) is 7.71. The molecule has 110 valence electrons. The monoisotopic (exact) mass is 274 g/mol. The van der Waals surface area contributed by atoms with Crippen LogP contribution in [0.3, 0.4) is 0 Å². The van der Waals surface area contributed by atoms with Crippen molar-refractivity contribution in [3.05, 3.63) is 35.9 Å². The molecule has 0 saturated carbocycles. The van der Waals surface area contributed by atoms with Crippen LogP contribution in [0.25, 0.3) is 0 Å². The maximum Gasteiger partial charge on any atom is 0.224 e. The minimum absolute atomic E-state index is 0.133. The number of carbonyl (C=O) groups excluding carboxylic acids is 1. The van der Waals surface area contributed by atoms with Crippen LogP contribution in [0, 0.1) is 5.92 Å². The molecule has 1 aliphatic rings. The van der Waals surface area contributed by atoms with Crippen LogP contribution in [0.2, 0.25) is 0 Å². The fourth-order valence-corrected chi connectivity index (χ4v) is 2.71. The van der Waals surface area contributed by atoms with Crippen molar-refractivity contribution in [1.29, 1.82) is 0 Å². The van der Waals surface area contributed by atoms with Gasteiger partial charge in [-0.1, -0.05) is 44.2 Å². The normalized spacial score (nSPS) is 17.4. The third kappa shape index (κ3) is 4.64. The van der Waals surface area contributed by atoms with E-state index in [0.29, 0.717) is 12.3 Å². The minimum Gasteiger partial charge on any atom is -0.352 e. The first-order valence-corrected chi connectivity index (χ1v) is 7.71. The number of nitrogens with zero attached hydrogens (tertiary/aromatic N) is 1. The molecule has 3 heteroatoms. The van der Waals surface area contributed by atoms with Gasteiger partial charge in [0.2, 0.25) is 5.91 Å². The topological polar surface area (TPSA) is 32.3 Å². The summed E-state index contributed by atoms with van der Waals surface area (Å²) >= 11 is 0. The van der Waals surface area contributed by atoms with E-state index in [0.717, 1.165) is 12.1 Å². The van der Waals surface area contributed by atoms with Crippen molar-refractivity contribution in [2.24, 2.45) is 5.92 Å². The Morgan fingerprint density at radius 1 is 1.20 bits per heavy atom. The second-order valence-electron chi connectivity index (χ2n) is 6.09. The van der Waals surface area contributed by atoms with Crippen LogP contribution in [-0.4, -0.2) is 36.5 Å². The van der Waals surface area contributed by atoms with Crippen molar-refractivity contribution < 1.29 is 4.79 Å². The Bertz CT molecular complexity index is 410. The van der Waals surface area contributed by atoms with Gasteiger partial charge in [0, 0.05) is 12.6 Å². The number of hydrogen-bond acceptors (Lipinski definition) is 2. The number of amides is 1. The first kappa shape index (κ1) is 15.0. The molecule has 0 aliphatic carbocycles. The second kappa shape index (κ2) is 7.44. The lowest BCUT2D eigenvalue weighted by atomic mass is 10.0. The Kier molecular flexibility index (Phi) is 5.60. The van der Waals surface area contributed by atoms with E-state index in [1.807, 2.05) is 30.3 Å². The lowest BCUT2D eigenvalue weighted by Crippen LogP contribution is -2.46. The summed E-state index contributed by atoms with van der Waals surface area (Å²) in [4.78, 5) is 14.6. The lowest BCUT2D eigenvalue weighted by Gasteiger charge is -2.27. The van der Waals surface area contributed by atoms with E-state index in [1.54, 1.807) is 0 Å². The van der Waals surface area contributed by atoms with Crippen molar-refractivity contribution in [2.75, 3.05) is 19.6 Å². The van der Waals surface area contributed by atoms with Gasteiger partial charge in [0.1, 0.15) is 0 Å². The van der Waals surface area contributed by atoms with E-state index in [2.05, 4.69) is 24.1 Å². The van der Waals surface area contributed by atoms with Gasteiger partial charge in [-0.2, -0.15) is 0 Å². The molecular weight excluding hydrogens is 248 g/mol. The Balaban J connectivity index is 1.85. The number of rotatable bonds is 6. The molecule has 1 fully saturated rings. The predicted octanol–water partition coefficient (Wildman–Crippen LogP) is 2.47. The van der Waals surface area contributed by atoms with Crippen LogP contribution in [-0.2, 0) is 11.2 Å². The molecule has 1 aliphatic heterocycles. The molecule has 0 spiro atoms. The van der Waals surface area contributed by atoms with Gasteiger partial charge in [0.25, 0.3) is 0 Å². The third-order valence-corrected chi connectivity index (χ3v) is 4.01. The zero-order chi connectivity index (χ0) is 14.4. The Morgan fingerprint density at radius 2 is 1.85 bits per heavy atom. The zero-order valence-corrected chi connectivity index (χ0v) is 12.6. The average Bonchev–Trinajstić information content (AvgIpc) is 2.92. The molecule has 2 rings (SSSR count). The van der Waals surface area contributed by atoms with E-state index < -0.39 is 0 Å². The molecule has 1 aromatic carbocycles. The largest absolute Gasteiger partial charge is 0.352 e. The van der Waals surface area contributed by atoms with Crippen LogP contribution in [0.15, 0.2) is 30.3 Å². The highest BCUT2D eigenvalue weighted by Crippen LogP contribution is 2.11. The van der Waals surface area contributed by atoms with Gasteiger partial charge in [-0.3, -0.25) is 4.79 Å². The van der Waals surface area contributed by atoms with Crippen molar-refractivity contribution >= 4 is 5.91 Å². The first-order valence-electron chi connectivity index (χ1n) is 7.71. The van der Waals surface area contributed by atoms with Crippen molar-refractivity contribution in [2.45, 2.75) is 39.2 Å². The SMILES string of the molecule is CC(C)[C@@H](CN1CCCC1)NC(=O)Cc1ccccc1.